The van der Waals surface area contributed by atoms with E-state index in [1.165, 1.54) is 19.1 Å². The topological polar surface area (TPSA) is 53.7 Å². The summed E-state index contributed by atoms with van der Waals surface area (Å²) in [5.74, 6) is -1.54. The van der Waals surface area contributed by atoms with E-state index in [0.717, 1.165) is 0 Å². The Bertz CT molecular complexity index is 1110. The molecule has 0 aliphatic rings. The molecule has 0 aliphatic heterocycles. The van der Waals surface area contributed by atoms with Gasteiger partial charge in [0.05, 0.1) is 10.9 Å². The minimum Gasteiger partial charge on any atom is -0.507 e. The first-order valence-electron chi connectivity index (χ1n) is 8.62. The van der Waals surface area contributed by atoms with Gasteiger partial charge < -0.3 is 14.4 Å². The van der Waals surface area contributed by atoms with E-state index in [1.807, 2.05) is 0 Å². The molecule has 0 saturated carbocycles. The van der Waals surface area contributed by atoms with E-state index in [2.05, 4.69) is 0 Å². The molecule has 0 aliphatic carbocycles. The van der Waals surface area contributed by atoms with Crippen LogP contribution in [0.15, 0.2) is 39.5 Å². The molecule has 4 nitrogen and oxygen atoms in total. The zero-order chi connectivity index (χ0) is 20.8. The van der Waals surface area contributed by atoms with Gasteiger partial charge in [-0.1, -0.05) is 24.3 Å². The van der Waals surface area contributed by atoms with Crippen molar-refractivity contribution in [3.8, 4) is 16.9 Å². The number of rotatable bonds is 3. The van der Waals surface area contributed by atoms with Gasteiger partial charge in [-0.25, -0.2) is 0 Å². The van der Waals surface area contributed by atoms with Gasteiger partial charge in [-0.05, 0) is 45.1 Å². The summed E-state index contributed by atoms with van der Waals surface area (Å²) < 4.78 is 46.5. The number of aromatic hydroxyl groups is 1. The highest BCUT2D eigenvalue weighted by molar-refractivity contribution is 5.88. The van der Waals surface area contributed by atoms with Crippen molar-refractivity contribution in [1.82, 2.24) is 4.90 Å². The molecule has 0 atom stereocenters. The Hall–Kier alpha value is -2.80. The van der Waals surface area contributed by atoms with Gasteiger partial charge in [0.2, 0.25) is 11.2 Å². The van der Waals surface area contributed by atoms with E-state index in [0.29, 0.717) is 17.7 Å². The second-order valence-electron chi connectivity index (χ2n) is 7.07. The normalized spacial score (nSPS) is 12.1. The highest BCUT2D eigenvalue weighted by Gasteiger charge is 2.40. The van der Waals surface area contributed by atoms with Gasteiger partial charge in [-0.3, -0.25) is 4.79 Å². The lowest BCUT2D eigenvalue weighted by molar-refractivity contribution is -0.152. The lowest BCUT2D eigenvalue weighted by Gasteiger charge is -2.17. The maximum absolute atomic E-state index is 13.8. The van der Waals surface area contributed by atoms with Crippen LogP contribution >= 0.6 is 0 Å². The van der Waals surface area contributed by atoms with E-state index < -0.39 is 22.9 Å². The van der Waals surface area contributed by atoms with Gasteiger partial charge in [0, 0.05) is 17.7 Å². The molecule has 0 fully saturated rings. The summed E-state index contributed by atoms with van der Waals surface area (Å²) in [6.45, 7) is 3.40. The van der Waals surface area contributed by atoms with E-state index in [4.69, 9.17) is 4.42 Å². The summed E-state index contributed by atoms with van der Waals surface area (Å²) in [5, 5.41) is 10.4. The van der Waals surface area contributed by atoms with Crippen molar-refractivity contribution in [2.75, 3.05) is 14.1 Å². The lowest BCUT2D eigenvalue weighted by atomic mass is 9.96. The number of alkyl halides is 3. The van der Waals surface area contributed by atoms with Crippen LogP contribution in [0.3, 0.4) is 0 Å². The summed E-state index contributed by atoms with van der Waals surface area (Å²) in [6, 6.07) is 7.78. The molecule has 1 heterocycles. The van der Waals surface area contributed by atoms with Gasteiger partial charge in [0.15, 0.2) is 0 Å². The van der Waals surface area contributed by atoms with E-state index in [9.17, 15) is 23.1 Å². The molecule has 2 aromatic carbocycles. The van der Waals surface area contributed by atoms with Crippen LogP contribution in [0.25, 0.3) is 22.1 Å². The monoisotopic (exact) mass is 391 g/mol. The molecule has 3 aromatic rings. The molecule has 148 valence electrons. The fourth-order valence-electron chi connectivity index (χ4n) is 3.31. The molecule has 0 saturated heterocycles. The number of halogens is 3. The number of aryl methyl sites for hydroxylation is 2. The number of fused-ring (bicyclic) bond motifs is 1. The maximum atomic E-state index is 13.8. The van der Waals surface area contributed by atoms with Crippen molar-refractivity contribution in [2.45, 2.75) is 26.6 Å². The highest BCUT2D eigenvalue weighted by atomic mass is 19.4. The third kappa shape index (κ3) is 3.38. The molecule has 0 unspecified atom stereocenters. The SMILES string of the molecule is Cc1ccccc1-c1c(C(F)(F)F)oc2c(C)c(O)c(CN(C)C)cc2c1=O. The molecule has 7 heteroatoms. The minimum atomic E-state index is -4.87. The van der Waals surface area contributed by atoms with Crippen molar-refractivity contribution in [2.24, 2.45) is 0 Å². The average molecular weight is 391 g/mol. The first-order valence-corrected chi connectivity index (χ1v) is 8.62. The smallest absolute Gasteiger partial charge is 0.450 e. The average Bonchev–Trinajstić information content (AvgIpc) is 2.59. The van der Waals surface area contributed by atoms with Crippen molar-refractivity contribution < 1.29 is 22.7 Å². The van der Waals surface area contributed by atoms with E-state index in [-0.39, 0.29) is 27.8 Å². The van der Waals surface area contributed by atoms with Crippen LogP contribution in [0.5, 0.6) is 5.75 Å². The molecular weight excluding hydrogens is 371 g/mol. The Kier molecular flexibility index (Phi) is 4.97. The quantitative estimate of drug-likeness (QED) is 0.693. The number of phenolic OH excluding ortho intramolecular Hbond substituents is 1. The molecule has 1 N–H and O–H groups in total. The fourth-order valence-corrected chi connectivity index (χ4v) is 3.31. The molecule has 28 heavy (non-hydrogen) atoms. The van der Waals surface area contributed by atoms with Crippen molar-refractivity contribution in [1.29, 1.82) is 0 Å². The van der Waals surface area contributed by atoms with Crippen LogP contribution in [-0.2, 0) is 12.7 Å². The van der Waals surface area contributed by atoms with Gasteiger partial charge >= 0.3 is 6.18 Å². The molecule has 1 aromatic heterocycles. The third-order valence-corrected chi connectivity index (χ3v) is 4.62. The lowest BCUT2D eigenvalue weighted by Crippen LogP contribution is -2.18. The largest absolute Gasteiger partial charge is 0.507 e. The Labute approximate surface area is 159 Å². The summed E-state index contributed by atoms with van der Waals surface area (Å²) in [5.41, 5.74) is -0.292. The standard InChI is InChI=1S/C21H20F3NO3/c1-11-7-5-6-8-14(11)16-18(27)15-9-13(10-25(3)4)17(26)12(2)19(15)28-20(16)21(22,23)24/h5-9,26H,10H2,1-4H3. The second kappa shape index (κ2) is 6.98. The van der Waals surface area contributed by atoms with Crippen LogP contribution in [0, 0.1) is 13.8 Å². The molecule has 0 amide bonds. The summed E-state index contributed by atoms with van der Waals surface area (Å²) in [6.07, 6.45) is -4.87. The molecule has 0 spiro atoms. The highest BCUT2D eigenvalue weighted by Crippen LogP contribution is 2.40. The summed E-state index contributed by atoms with van der Waals surface area (Å²) in [7, 11) is 3.57. The number of hydrogen-bond donors (Lipinski definition) is 1. The first-order chi connectivity index (χ1) is 13.0. The minimum absolute atomic E-state index is 0.0124. The second-order valence-corrected chi connectivity index (χ2v) is 7.07. The number of benzene rings is 2. The Morgan fingerprint density at radius 2 is 1.79 bits per heavy atom. The van der Waals surface area contributed by atoms with Gasteiger partial charge in [-0.2, -0.15) is 13.2 Å². The van der Waals surface area contributed by atoms with Crippen molar-refractivity contribution in [3.05, 3.63) is 63.0 Å². The maximum Gasteiger partial charge on any atom is 0.450 e. The van der Waals surface area contributed by atoms with Crippen LogP contribution in [0.4, 0.5) is 13.2 Å². The Morgan fingerprint density at radius 1 is 1.14 bits per heavy atom. The Balaban J connectivity index is 2.49. The predicted molar refractivity (Wildman–Crippen MR) is 101 cm³/mol. The van der Waals surface area contributed by atoms with Crippen molar-refractivity contribution >= 4 is 11.0 Å². The van der Waals surface area contributed by atoms with Crippen LogP contribution in [0.1, 0.15) is 22.5 Å². The molecule has 3 rings (SSSR count). The summed E-state index contributed by atoms with van der Waals surface area (Å²) in [4.78, 5) is 15.0. The number of hydrogen-bond acceptors (Lipinski definition) is 4. The Morgan fingerprint density at radius 3 is 2.36 bits per heavy atom. The molecule has 0 radical (unpaired) electrons. The van der Waals surface area contributed by atoms with Crippen LogP contribution in [0.2, 0.25) is 0 Å². The zero-order valence-corrected chi connectivity index (χ0v) is 15.9. The summed E-state index contributed by atoms with van der Waals surface area (Å²) >= 11 is 0. The van der Waals surface area contributed by atoms with Crippen molar-refractivity contribution in [3.63, 3.8) is 0 Å². The van der Waals surface area contributed by atoms with Gasteiger partial charge in [-0.15, -0.1) is 0 Å². The first kappa shape index (κ1) is 19.9. The zero-order valence-electron chi connectivity index (χ0n) is 15.9. The van der Waals surface area contributed by atoms with E-state index >= 15 is 0 Å². The fraction of sp³-hybridized carbons (Fsp3) is 0.286. The number of phenols is 1. The number of nitrogens with zero attached hydrogens (tertiary/aromatic N) is 1. The van der Waals surface area contributed by atoms with E-state index in [1.54, 1.807) is 44.1 Å². The predicted octanol–water partition coefficient (Wildman–Crippen LogP) is 4.86. The van der Waals surface area contributed by atoms with Crippen LogP contribution < -0.4 is 5.43 Å². The molecule has 0 bridgehead atoms. The van der Waals surface area contributed by atoms with Crippen LogP contribution in [-0.4, -0.2) is 24.1 Å². The third-order valence-electron chi connectivity index (χ3n) is 4.62. The molecular formula is C21H20F3NO3. The van der Waals surface area contributed by atoms with Gasteiger partial charge in [0.25, 0.3) is 0 Å². The van der Waals surface area contributed by atoms with Gasteiger partial charge in [0.1, 0.15) is 11.3 Å².